The normalized spacial score (nSPS) is 11.6. The monoisotopic (exact) mass is 580 g/mol. The summed E-state index contributed by atoms with van der Waals surface area (Å²) in [6.45, 7) is 0. The molecule has 0 radical (unpaired) electrons. The Kier molecular flexibility index (Phi) is 5.68. The number of rotatable bonds is 4. The van der Waals surface area contributed by atoms with Crippen LogP contribution in [0.5, 0.6) is 0 Å². The van der Waals surface area contributed by atoms with E-state index < -0.39 is 0 Å². The standard InChI is InChI=1S/C40H24N2OS/c1-3-11-25(12-4-1)28-21-29(27-19-20-32-31-15-7-9-17-34(31)43-35(32)24-27)23-30(22-28)40-41-37(26-13-5-2-6-14-26)39-38(42-40)33-16-8-10-18-36(33)44-39/h1-24H. The molecule has 0 saturated carbocycles. The van der Waals surface area contributed by atoms with Crippen LogP contribution in [-0.2, 0) is 0 Å². The molecule has 0 saturated heterocycles. The second kappa shape index (κ2) is 10.0. The fourth-order valence-electron chi connectivity index (χ4n) is 6.14. The Balaban J connectivity index is 1.30. The van der Waals surface area contributed by atoms with Gasteiger partial charge in [0, 0.05) is 32.0 Å². The van der Waals surface area contributed by atoms with Crippen LogP contribution in [0.4, 0.5) is 0 Å². The van der Waals surface area contributed by atoms with E-state index in [0.29, 0.717) is 5.82 Å². The molecular formula is C40H24N2OS. The van der Waals surface area contributed by atoms with Crippen LogP contribution in [-0.4, -0.2) is 9.97 Å². The molecule has 6 aromatic carbocycles. The van der Waals surface area contributed by atoms with E-state index in [1.165, 1.54) is 4.70 Å². The van der Waals surface area contributed by atoms with Gasteiger partial charge in [-0.05, 0) is 64.7 Å². The third-order valence-electron chi connectivity index (χ3n) is 8.28. The first kappa shape index (κ1) is 25.0. The Morgan fingerprint density at radius 1 is 0.432 bits per heavy atom. The second-order valence-corrected chi connectivity index (χ2v) is 12.1. The van der Waals surface area contributed by atoms with E-state index >= 15 is 0 Å². The Labute approximate surface area is 257 Å². The van der Waals surface area contributed by atoms with Crippen molar-refractivity contribution in [3.63, 3.8) is 0 Å². The van der Waals surface area contributed by atoms with Crippen molar-refractivity contribution in [2.75, 3.05) is 0 Å². The maximum atomic E-state index is 6.27. The molecule has 9 rings (SSSR count). The van der Waals surface area contributed by atoms with E-state index in [0.717, 1.165) is 76.6 Å². The third-order valence-corrected chi connectivity index (χ3v) is 9.44. The number of aromatic nitrogens is 2. The number of benzene rings is 6. The first-order valence-corrected chi connectivity index (χ1v) is 15.5. The lowest BCUT2D eigenvalue weighted by molar-refractivity contribution is 0.669. The number of furan rings is 1. The molecule has 0 unspecified atom stereocenters. The Morgan fingerprint density at radius 3 is 1.89 bits per heavy atom. The van der Waals surface area contributed by atoms with Gasteiger partial charge in [-0.2, -0.15) is 0 Å². The van der Waals surface area contributed by atoms with Gasteiger partial charge >= 0.3 is 0 Å². The number of para-hydroxylation sites is 1. The predicted molar refractivity (Wildman–Crippen MR) is 184 cm³/mol. The molecule has 3 heterocycles. The Morgan fingerprint density at radius 2 is 1.07 bits per heavy atom. The highest BCUT2D eigenvalue weighted by atomic mass is 32.1. The van der Waals surface area contributed by atoms with Crippen molar-refractivity contribution >= 4 is 53.6 Å². The summed E-state index contributed by atoms with van der Waals surface area (Å²) in [5.41, 5.74) is 10.2. The van der Waals surface area contributed by atoms with Crippen molar-refractivity contribution in [3.8, 4) is 44.9 Å². The fraction of sp³-hybridized carbons (Fsp3) is 0. The van der Waals surface area contributed by atoms with Crippen LogP contribution in [0, 0.1) is 0 Å². The molecule has 0 aliphatic heterocycles. The van der Waals surface area contributed by atoms with Gasteiger partial charge in [-0.3, -0.25) is 0 Å². The Bertz CT molecular complexity index is 2490. The average molecular weight is 581 g/mol. The van der Waals surface area contributed by atoms with Gasteiger partial charge < -0.3 is 4.42 Å². The van der Waals surface area contributed by atoms with Crippen LogP contribution < -0.4 is 0 Å². The SMILES string of the molecule is c1ccc(-c2cc(-c3ccc4c(c3)oc3ccccc34)cc(-c3nc(-c4ccccc4)c4sc5ccccc5c4n3)c2)cc1. The molecule has 44 heavy (non-hydrogen) atoms. The van der Waals surface area contributed by atoms with Gasteiger partial charge in [0.1, 0.15) is 11.2 Å². The highest BCUT2D eigenvalue weighted by Crippen LogP contribution is 2.41. The van der Waals surface area contributed by atoms with Crippen molar-refractivity contribution < 1.29 is 4.42 Å². The first-order valence-electron chi connectivity index (χ1n) is 14.7. The summed E-state index contributed by atoms with van der Waals surface area (Å²) in [4.78, 5) is 10.5. The molecule has 0 amide bonds. The molecule has 0 N–H and O–H groups in total. The lowest BCUT2D eigenvalue weighted by Gasteiger charge is -2.12. The molecule has 0 atom stereocenters. The smallest absolute Gasteiger partial charge is 0.160 e. The summed E-state index contributed by atoms with van der Waals surface area (Å²) in [5, 5.41) is 3.41. The van der Waals surface area contributed by atoms with E-state index in [2.05, 4.69) is 127 Å². The van der Waals surface area contributed by atoms with Gasteiger partial charge in [-0.25, -0.2) is 9.97 Å². The summed E-state index contributed by atoms with van der Waals surface area (Å²) in [5.74, 6) is 0.712. The highest BCUT2D eigenvalue weighted by Gasteiger charge is 2.18. The van der Waals surface area contributed by atoms with Gasteiger partial charge in [-0.1, -0.05) is 103 Å². The minimum absolute atomic E-state index is 0.712. The van der Waals surface area contributed by atoms with E-state index in [1.807, 2.05) is 18.2 Å². The summed E-state index contributed by atoms with van der Waals surface area (Å²) in [6, 6.07) is 50.8. The summed E-state index contributed by atoms with van der Waals surface area (Å²) < 4.78 is 8.59. The molecule has 9 aromatic rings. The zero-order valence-corrected chi connectivity index (χ0v) is 24.4. The summed E-state index contributed by atoms with van der Waals surface area (Å²) in [6.07, 6.45) is 0. The van der Waals surface area contributed by atoms with Crippen LogP contribution >= 0.6 is 11.3 Å². The summed E-state index contributed by atoms with van der Waals surface area (Å²) in [7, 11) is 0. The molecule has 4 heteroatoms. The number of hydrogen-bond donors (Lipinski definition) is 0. The minimum Gasteiger partial charge on any atom is -0.456 e. The van der Waals surface area contributed by atoms with E-state index in [4.69, 9.17) is 14.4 Å². The number of nitrogens with zero attached hydrogens (tertiary/aromatic N) is 2. The Hall–Kier alpha value is -5.58. The van der Waals surface area contributed by atoms with Gasteiger partial charge in [0.05, 0.1) is 15.9 Å². The van der Waals surface area contributed by atoms with Crippen LogP contribution in [0.3, 0.4) is 0 Å². The van der Waals surface area contributed by atoms with Crippen molar-refractivity contribution in [1.82, 2.24) is 9.97 Å². The molecular weight excluding hydrogens is 557 g/mol. The molecule has 0 spiro atoms. The molecule has 3 nitrogen and oxygen atoms in total. The average Bonchev–Trinajstić information content (AvgIpc) is 3.66. The van der Waals surface area contributed by atoms with Gasteiger partial charge in [0.25, 0.3) is 0 Å². The molecule has 0 aliphatic rings. The molecule has 0 bridgehead atoms. The van der Waals surface area contributed by atoms with Crippen molar-refractivity contribution in [2.45, 2.75) is 0 Å². The van der Waals surface area contributed by atoms with Crippen molar-refractivity contribution in [3.05, 3.63) is 146 Å². The quantitative estimate of drug-likeness (QED) is 0.208. The largest absolute Gasteiger partial charge is 0.456 e. The first-order chi connectivity index (χ1) is 21.8. The number of hydrogen-bond acceptors (Lipinski definition) is 4. The molecule has 0 aliphatic carbocycles. The van der Waals surface area contributed by atoms with Gasteiger partial charge in [-0.15, -0.1) is 11.3 Å². The molecule has 3 aromatic heterocycles. The van der Waals surface area contributed by atoms with Crippen LogP contribution in [0.25, 0.3) is 87.1 Å². The summed E-state index contributed by atoms with van der Waals surface area (Å²) >= 11 is 1.75. The zero-order valence-electron chi connectivity index (χ0n) is 23.6. The maximum absolute atomic E-state index is 6.27. The van der Waals surface area contributed by atoms with Crippen molar-refractivity contribution in [2.24, 2.45) is 0 Å². The lowest BCUT2D eigenvalue weighted by Crippen LogP contribution is -1.95. The predicted octanol–water partition coefficient (Wildman–Crippen LogP) is 11.4. The second-order valence-electron chi connectivity index (χ2n) is 11.0. The van der Waals surface area contributed by atoms with Crippen LogP contribution in [0.2, 0.25) is 0 Å². The number of fused-ring (bicyclic) bond motifs is 6. The van der Waals surface area contributed by atoms with Gasteiger partial charge in [0.2, 0.25) is 0 Å². The van der Waals surface area contributed by atoms with E-state index in [9.17, 15) is 0 Å². The highest BCUT2D eigenvalue weighted by molar-refractivity contribution is 7.26. The molecule has 206 valence electrons. The number of thiophene rings is 1. The zero-order chi connectivity index (χ0) is 29.0. The van der Waals surface area contributed by atoms with Crippen LogP contribution in [0.1, 0.15) is 0 Å². The topological polar surface area (TPSA) is 38.9 Å². The minimum atomic E-state index is 0.712. The van der Waals surface area contributed by atoms with Crippen molar-refractivity contribution in [1.29, 1.82) is 0 Å². The maximum Gasteiger partial charge on any atom is 0.160 e. The lowest BCUT2D eigenvalue weighted by atomic mass is 9.95. The van der Waals surface area contributed by atoms with Crippen LogP contribution in [0.15, 0.2) is 150 Å². The van der Waals surface area contributed by atoms with E-state index in [1.54, 1.807) is 11.3 Å². The molecule has 0 fully saturated rings. The fourth-order valence-corrected chi connectivity index (χ4v) is 7.29. The third kappa shape index (κ3) is 4.11. The van der Waals surface area contributed by atoms with E-state index in [-0.39, 0.29) is 0 Å². The van der Waals surface area contributed by atoms with Gasteiger partial charge in [0.15, 0.2) is 5.82 Å².